The third kappa shape index (κ3) is 3.51. The SMILES string of the molecule is CS(=O)(=O)c1ccc(Cc2noc(C3CC3)c2Br)c(C(F)(F)F)c1. The van der Waals surface area contributed by atoms with Gasteiger partial charge in [0.1, 0.15) is 5.69 Å². The maximum Gasteiger partial charge on any atom is 0.416 e. The summed E-state index contributed by atoms with van der Waals surface area (Å²) in [6.07, 6.45) is -1.94. The average Bonchev–Trinajstić information content (AvgIpc) is 3.23. The topological polar surface area (TPSA) is 60.2 Å². The first kappa shape index (κ1) is 17.5. The van der Waals surface area contributed by atoms with Gasteiger partial charge in [-0.25, -0.2) is 8.42 Å². The summed E-state index contributed by atoms with van der Waals surface area (Å²) in [6.45, 7) is 0. The number of hydrogen-bond acceptors (Lipinski definition) is 4. The fraction of sp³-hybridized carbons (Fsp3) is 0.400. The highest BCUT2D eigenvalue weighted by Crippen LogP contribution is 2.45. The summed E-state index contributed by atoms with van der Waals surface area (Å²) in [5.74, 6) is 0.932. The van der Waals surface area contributed by atoms with Crippen LogP contribution in [0.25, 0.3) is 0 Å². The lowest BCUT2D eigenvalue weighted by atomic mass is 10.0. The second-order valence-corrected chi connectivity index (χ2v) is 8.66. The highest BCUT2D eigenvalue weighted by Gasteiger charge is 2.36. The van der Waals surface area contributed by atoms with Gasteiger partial charge < -0.3 is 4.52 Å². The van der Waals surface area contributed by atoms with E-state index in [4.69, 9.17) is 4.52 Å². The average molecular weight is 424 g/mol. The van der Waals surface area contributed by atoms with E-state index in [1.165, 1.54) is 12.1 Å². The summed E-state index contributed by atoms with van der Waals surface area (Å²) in [6, 6.07) is 3.02. The molecule has 9 heteroatoms. The van der Waals surface area contributed by atoms with E-state index in [-0.39, 0.29) is 22.8 Å². The highest BCUT2D eigenvalue weighted by molar-refractivity contribution is 9.10. The first-order valence-corrected chi connectivity index (χ1v) is 9.80. The van der Waals surface area contributed by atoms with Gasteiger partial charge in [-0.05, 0) is 46.5 Å². The summed E-state index contributed by atoms with van der Waals surface area (Å²) >= 11 is 3.34. The van der Waals surface area contributed by atoms with Crippen molar-refractivity contribution < 1.29 is 26.1 Å². The van der Waals surface area contributed by atoms with Crippen LogP contribution in [0.2, 0.25) is 0 Å². The molecular formula is C15H13BrF3NO3S. The second kappa shape index (κ2) is 5.87. The molecule has 3 rings (SSSR count). The molecular weight excluding hydrogens is 411 g/mol. The molecule has 4 nitrogen and oxygen atoms in total. The molecule has 1 aromatic carbocycles. The molecule has 0 N–H and O–H groups in total. The van der Waals surface area contributed by atoms with E-state index in [0.29, 0.717) is 22.0 Å². The number of sulfone groups is 1. The molecule has 1 aromatic heterocycles. The van der Waals surface area contributed by atoms with Crippen molar-refractivity contribution in [1.82, 2.24) is 5.16 Å². The Balaban J connectivity index is 2.01. The molecule has 0 unspecified atom stereocenters. The van der Waals surface area contributed by atoms with Crippen molar-refractivity contribution in [3.05, 3.63) is 45.3 Å². The summed E-state index contributed by atoms with van der Waals surface area (Å²) in [7, 11) is -3.73. The minimum absolute atomic E-state index is 0.0498. The van der Waals surface area contributed by atoms with Crippen LogP contribution in [0.4, 0.5) is 13.2 Å². The summed E-state index contributed by atoms with van der Waals surface area (Å²) < 4.78 is 68.8. The summed E-state index contributed by atoms with van der Waals surface area (Å²) in [4.78, 5) is -0.364. The normalized spacial score (nSPS) is 15.7. The Kier molecular flexibility index (Phi) is 4.28. The zero-order valence-corrected chi connectivity index (χ0v) is 14.9. The predicted octanol–water partition coefficient (Wildman–Crippen LogP) is 4.33. The largest absolute Gasteiger partial charge is 0.416 e. The molecule has 0 bridgehead atoms. The number of aromatic nitrogens is 1. The molecule has 1 aliphatic rings. The molecule has 0 spiro atoms. The number of rotatable bonds is 4. The van der Waals surface area contributed by atoms with Gasteiger partial charge in [0.05, 0.1) is 14.9 Å². The van der Waals surface area contributed by atoms with Gasteiger partial charge in [0, 0.05) is 18.6 Å². The first-order valence-electron chi connectivity index (χ1n) is 7.11. The Bertz CT molecular complexity index is 886. The number of alkyl halides is 3. The van der Waals surface area contributed by atoms with Crippen LogP contribution in [0.1, 0.15) is 41.3 Å². The standard InChI is InChI=1S/C15H13BrF3NO3S/c1-24(21,22)10-5-4-9(11(7-10)15(17,18)19)6-12-13(16)14(23-20-12)8-2-3-8/h4-5,7-8H,2-3,6H2,1H3. The molecule has 0 saturated heterocycles. The van der Waals surface area contributed by atoms with Crippen LogP contribution in [0.15, 0.2) is 32.1 Å². The third-order valence-electron chi connectivity index (χ3n) is 3.84. The van der Waals surface area contributed by atoms with E-state index < -0.39 is 21.6 Å². The van der Waals surface area contributed by atoms with Crippen molar-refractivity contribution >= 4 is 25.8 Å². The lowest BCUT2D eigenvalue weighted by Gasteiger charge is -2.13. The van der Waals surface area contributed by atoms with Crippen LogP contribution >= 0.6 is 15.9 Å². The van der Waals surface area contributed by atoms with Crippen molar-refractivity contribution in [3.63, 3.8) is 0 Å². The highest BCUT2D eigenvalue weighted by atomic mass is 79.9. The van der Waals surface area contributed by atoms with E-state index in [0.717, 1.165) is 19.1 Å². The lowest BCUT2D eigenvalue weighted by Crippen LogP contribution is -2.12. The minimum Gasteiger partial charge on any atom is -0.360 e. The molecule has 1 saturated carbocycles. The van der Waals surface area contributed by atoms with Gasteiger partial charge in [-0.2, -0.15) is 13.2 Å². The van der Waals surface area contributed by atoms with Gasteiger partial charge in [-0.15, -0.1) is 0 Å². The molecule has 2 aromatic rings. The van der Waals surface area contributed by atoms with Crippen molar-refractivity contribution in [1.29, 1.82) is 0 Å². The molecule has 0 aliphatic heterocycles. The van der Waals surface area contributed by atoms with Gasteiger partial charge in [-0.1, -0.05) is 11.2 Å². The van der Waals surface area contributed by atoms with E-state index >= 15 is 0 Å². The van der Waals surface area contributed by atoms with Crippen LogP contribution in [-0.4, -0.2) is 19.8 Å². The summed E-state index contributed by atoms with van der Waals surface area (Å²) in [5, 5.41) is 3.86. The molecule has 0 atom stereocenters. The van der Waals surface area contributed by atoms with Crippen molar-refractivity contribution in [2.24, 2.45) is 0 Å². The fourth-order valence-electron chi connectivity index (χ4n) is 2.42. The molecule has 1 aliphatic carbocycles. The predicted molar refractivity (Wildman–Crippen MR) is 83.5 cm³/mol. The monoisotopic (exact) mass is 423 g/mol. The van der Waals surface area contributed by atoms with Crippen LogP contribution in [0.5, 0.6) is 0 Å². The Labute approximate surface area is 145 Å². The van der Waals surface area contributed by atoms with Crippen molar-refractivity contribution in [2.45, 2.75) is 36.3 Å². The smallest absolute Gasteiger partial charge is 0.360 e. The zero-order valence-electron chi connectivity index (χ0n) is 12.5. The van der Waals surface area contributed by atoms with E-state index in [9.17, 15) is 21.6 Å². The molecule has 0 radical (unpaired) electrons. The maximum absolute atomic E-state index is 13.3. The minimum atomic E-state index is -4.66. The molecule has 24 heavy (non-hydrogen) atoms. The van der Waals surface area contributed by atoms with Crippen LogP contribution in [0.3, 0.4) is 0 Å². The maximum atomic E-state index is 13.3. The third-order valence-corrected chi connectivity index (χ3v) is 5.80. The Morgan fingerprint density at radius 2 is 2.00 bits per heavy atom. The van der Waals surface area contributed by atoms with Crippen molar-refractivity contribution in [2.75, 3.05) is 6.26 Å². The Hall–Kier alpha value is -1.35. The van der Waals surface area contributed by atoms with Crippen LogP contribution in [0, 0.1) is 0 Å². The van der Waals surface area contributed by atoms with E-state index in [1.807, 2.05) is 0 Å². The first-order chi connectivity index (χ1) is 11.1. The number of hydrogen-bond donors (Lipinski definition) is 0. The van der Waals surface area contributed by atoms with Crippen LogP contribution in [-0.2, 0) is 22.4 Å². The van der Waals surface area contributed by atoms with Gasteiger partial charge in [0.15, 0.2) is 15.6 Å². The zero-order chi connectivity index (χ0) is 17.7. The van der Waals surface area contributed by atoms with Gasteiger partial charge in [0.2, 0.25) is 0 Å². The lowest BCUT2D eigenvalue weighted by molar-refractivity contribution is -0.138. The molecule has 0 amide bonds. The van der Waals surface area contributed by atoms with Gasteiger partial charge in [0.25, 0.3) is 0 Å². The van der Waals surface area contributed by atoms with Crippen molar-refractivity contribution in [3.8, 4) is 0 Å². The van der Waals surface area contributed by atoms with Crippen LogP contribution < -0.4 is 0 Å². The number of halogens is 4. The van der Waals surface area contributed by atoms with Gasteiger partial charge in [-0.3, -0.25) is 0 Å². The molecule has 130 valence electrons. The Morgan fingerprint density at radius 3 is 2.54 bits per heavy atom. The number of benzene rings is 1. The quantitative estimate of drug-likeness (QED) is 0.734. The van der Waals surface area contributed by atoms with E-state index in [1.54, 1.807) is 0 Å². The Morgan fingerprint density at radius 1 is 1.33 bits per heavy atom. The summed E-state index contributed by atoms with van der Waals surface area (Å²) in [5.41, 5.74) is -0.658. The molecule has 1 heterocycles. The second-order valence-electron chi connectivity index (χ2n) is 5.85. The fourth-order valence-corrected chi connectivity index (χ4v) is 3.68. The molecule has 1 fully saturated rings. The van der Waals surface area contributed by atoms with Gasteiger partial charge >= 0.3 is 6.18 Å². The van der Waals surface area contributed by atoms with E-state index in [2.05, 4.69) is 21.1 Å². The number of nitrogens with zero attached hydrogens (tertiary/aromatic N) is 1.